The highest BCUT2D eigenvalue weighted by atomic mass is 32.2. The smallest absolute Gasteiger partial charge is 0.292 e. The largest absolute Gasteiger partial charge is 0.379 e. The minimum Gasteiger partial charge on any atom is -0.379 e. The molecule has 0 heterocycles. The average molecular weight is 329 g/mol. The van der Waals surface area contributed by atoms with Gasteiger partial charge >= 0.3 is 0 Å². The quantitative estimate of drug-likeness (QED) is 0.541. The molecule has 0 aliphatic rings. The maximum atomic E-state index is 11.7. The Kier molecular flexibility index (Phi) is 6.29. The molecule has 0 saturated heterocycles. The van der Waals surface area contributed by atoms with Crippen molar-refractivity contribution in [3.8, 4) is 0 Å². The van der Waals surface area contributed by atoms with Gasteiger partial charge in [0.05, 0.1) is 10.7 Å². The molecular formula is C13H19N3O5S. The summed E-state index contributed by atoms with van der Waals surface area (Å²) in [4.78, 5) is 22.0. The number of benzene rings is 1. The molecule has 0 radical (unpaired) electrons. The molecule has 0 saturated carbocycles. The molecule has 1 atom stereocenters. The maximum absolute atomic E-state index is 11.7. The SMILES string of the molecule is CC(CS(C)(=O)=O)NC(=O)CCNc1ccccc1[N+](=O)[O-]. The molecule has 1 aromatic rings. The Balaban J connectivity index is 2.45. The number of nitro groups is 1. The van der Waals surface area contributed by atoms with Crippen LogP contribution in [0.3, 0.4) is 0 Å². The van der Waals surface area contributed by atoms with Crippen molar-refractivity contribution in [2.75, 3.05) is 23.9 Å². The number of carbonyl (C=O) groups is 1. The van der Waals surface area contributed by atoms with Crippen LogP contribution >= 0.6 is 0 Å². The van der Waals surface area contributed by atoms with E-state index in [0.29, 0.717) is 5.69 Å². The molecule has 0 aliphatic heterocycles. The van der Waals surface area contributed by atoms with Crippen LogP contribution in [-0.2, 0) is 14.6 Å². The third-order valence-corrected chi connectivity index (χ3v) is 3.83. The molecule has 2 N–H and O–H groups in total. The zero-order valence-corrected chi connectivity index (χ0v) is 13.2. The van der Waals surface area contributed by atoms with Gasteiger partial charge in [-0.25, -0.2) is 8.42 Å². The van der Waals surface area contributed by atoms with Crippen LogP contribution in [0, 0.1) is 10.1 Å². The molecule has 0 aliphatic carbocycles. The number of anilines is 1. The molecule has 1 amide bonds. The van der Waals surface area contributed by atoms with Crippen molar-refractivity contribution in [2.24, 2.45) is 0 Å². The zero-order valence-electron chi connectivity index (χ0n) is 12.4. The second-order valence-corrected chi connectivity index (χ2v) is 7.20. The third-order valence-electron chi connectivity index (χ3n) is 2.73. The molecule has 1 unspecified atom stereocenters. The first kappa shape index (κ1) is 17.9. The number of carbonyl (C=O) groups excluding carboxylic acids is 1. The molecule has 22 heavy (non-hydrogen) atoms. The number of nitrogens with zero attached hydrogens (tertiary/aromatic N) is 1. The van der Waals surface area contributed by atoms with E-state index in [1.165, 1.54) is 6.07 Å². The lowest BCUT2D eigenvalue weighted by atomic mass is 10.2. The Labute approximate surface area is 129 Å². The van der Waals surface area contributed by atoms with Crippen molar-refractivity contribution in [3.05, 3.63) is 34.4 Å². The molecule has 9 heteroatoms. The van der Waals surface area contributed by atoms with Crippen LogP contribution in [0.5, 0.6) is 0 Å². The van der Waals surface area contributed by atoms with E-state index >= 15 is 0 Å². The molecule has 1 aromatic carbocycles. The van der Waals surface area contributed by atoms with Crippen LogP contribution in [0.25, 0.3) is 0 Å². The second kappa shape index (κ2) is 7.74. The predicted molar refractivity (Wildman–Crippen MR) is 83.5 cm³/mol. The molecule has 122 valence electrons. The van der Waals surface area contributed by atoms with Crippen molar-refractivity contribution >= 4 is 27.1 Å². The van der Waals surface area contributed by atoms with Gasteiger partial charge in [-0.15, -0.1) is 0 Å². The van der Waals surface area contributed by atoms with Crippen molar-refractivity contribution < 1.29 is 18.1 Å². The van der Waals surface area contributed by atoms with Crippen molar-refractivity contribution in [1.29, 1.82) is 0 Å². The van der Waals surface area contributed by atoms with Crippen LogP contribution in [-0.4, -0.2) is 43.8 Å². The van der Waals surface area contributed by atoms with Crippen LogP contribution in [0.4, 0.5) is 11.4 Å². The van der Waals surface area contributed by atoms with Gasteiger partial charge < -0.3 is 10.6 Å². The van der Waals surface area contributed by atoms with Crippen LogP contribution in [0.2, 0.25) is 0 Å². The normalized spacial score (nSPS) is 12.5. The zero-order chi connectivity index (χ0) is 16.8. The summed E-state index contributed by atoms with van der Waals surface area (Å²) in [6, 6.07) is 5.67. The summed E-state index contributed by atoms with van der Waals surface area (Å²) in [6.45, 7) is 1.82. The predicted octanol–water partition coefficient (Wildman–Crippen LogP) is 0.946. The van der Waals surface area contributed by atoms with Crippen LogP contribution in [0.15, 0.2) is 24.3 Å². The molecule has 0 aromatic heterocycles. The summed E-state index contributed by atoms with van der Waals surface area (Å²) in [5.74, 6) is -0.446. The van der Waals surface area contributed by atoms with Gasteiger partial charge in [0.2, 0.25) is 5.91 Å². The lowest BCUT2D eigenvalue weighted by Crippen LogP contribution is -2.37. The first-order valence-corrected chi connectivity index (χ1v) is 8.69. The standard InChI is InChI=1S/C13H19N3O5S/c1-10(9-22(2,20)21)15-13(17)7-8-14-11-5-3-4-6-12(11)16(18)19/h3-6,10,14H,7-9H2,1-2H3,(H,15,17). The Morgan fingerprint density at radius 3 is 2.59 bits per heavy atom. The van der Waals surface area contributed by atoms with Gasteiger partial charge in [0.25, 0.3) is 5.69 Å². The van der Waals surface area contributed by atoms with E-state index in [1.54, 1.807) is 25.1 Å². The Bertz CT molecular complexity index is 645. The Morgan fingerprint density at radius 1 is 1.36 bits per heavy atom. The number of sulfone groups is 1. The van der Waals surface area contributed by atoms with Crippen LogP contribution < -0.4 is 10.6 Å². The minimum atomic E-state index is -3.15. The highest BCUT2D eigenvalue weighted by molar-refractivity contribution is 7.90. The van der Waals surface area contributed by atoms with Crippen molar-refractivity contribution in [2.45, 2.75) is 19.4 Å². The molecule has 8 nitrogen and oxygen atoms in total. The first-order valence-electron chi connectivity index (χ1n) is 6.63. The molecule has 0 fully saturated rings. The monoisotopic (exact) mass is 329 g/mol. The summed E-state index contributed by atoms with van der Waals surface area (Å²) in [5.41, 5.74) is 0.276. The van der Waals surface area contributed by atoms with Crippen LogP contribution in [0.1, 0.15) is 13.3 Å². The summed E-state index contributed by atoms with van der Waals surface area (Å²) in [5, 5.41) is 16.2. The Morgan fingerprint density at radius 2 is 2.00 bits per heavy atom. The van der Waals surface area contributed by atoms with Gasteiger partial charge in [0, 0.05) is 31.3 Å². The summed E-state index contributed by atoms with van der Waals surface area (Å²) < 4.78 is 22.2. The molecular weight excluding hydrogens is 310 g/mol. The number of amides is 1. The van der Waals surface area contributed by atoms with E-state index in [2.05, 4.69) is 10.6 Å². The second-order valence-electron chi connectivity index (χ2n) is 5.01. The highest BCUT2D eigenvalue weighted by Gasteiger charge is 2.14. The number of hydrogen-bond acceptors (Lipinski definition) is 6. The fourth-order valence-corrected chi connectivity index (χ4v) is 2.93. The van der Waals surface area contributed by atoms with E-state index in [9.17, 15) is 23.3 Å². The van der Waals surface area contributed by atoms with E-state index in [0.717, 1.165) is 6.26 Å². The Hall–Kier alpha value is -2.16. The van der Waals surface area contributed by atoms with Gasteiger partial charge in [-0.1, -0.05) is 12.1 Å². The summed E-state index contributed by atoms with van der Waals surface area (Å²) in [6.07, 6.45) is 1.19. The lowest BCUT2D eigenvalue weighted by Gasteiger charge is -2.13. The number of rotatable bonds is 8. The van der Waals surface area contributed by atoms with E-state index < -0.39 is 20.8 Å². The van der Waals surface area contributed by atoms with Gasteiger partial charge in [-0.2, -0.15) is 0 Å². The molecule has 1 rings (SSSR count). The van der Waals surface area contributed by atoms with Gasteiger partial charge in [-0.3, -0.25) is 14.9 Å². The van der Waals surface area contributed by atoms with Gasteiger partial charge in [0.1, 0.15) is 15.5 Å². The van der Waals surface area contributed by atoms with E-state index in [-0.39, 0.29) is 30.3 Å². The van der Waals surface area contributed by atoms with E-state index in [4.69, 9.17) is 0 Å². The average Bonchev–Trinajstić information content (AvgIpc) is 2.36. The summed E-state index contributed by atoms with van der Waals surface area (Å²) >= 11 is 0. The number of nitrogens with one attached hydrogen (secondary N) is 2. The lowest BCUT2D eigenvalue weighted by molar-refractivity contribution is -0.384. The molecule has 0 bridgehead atoms. The number of hydrogen-bond donors (Lipinski definition) is 2. The first-order chi connectivity index (χ1) is 10.2. The number of para-hydroxylation sites is 2. The fraction of sp³-hybridized carbons (Fsp3) is 0.462. The topological polar surface area (TPSA) is 118 Å². The van der Waals surface area contributed by atoms with Gasteiger partial charge in [-0.05, 0) is 13.0 Å². The van der Waals surface area contributed by atoms with E-state index in [1.807, 2.05) is 0 Å². The van der Waals surface area contributed by atoms with Crippen molar-refractivity contribution in [1.82, 2.24) is 5.32 Å². The minimum absolute atomic E-state index is 0.0617. The van der Waals surface area contributed by atoms with Gasteiger partial charge in [0.15, 0.2) is 0 Å². The van der Waals surface area contributed by atoms with Crippen molar-refractivity contribution in [3.63, 3.8) is 0 Å². The maximum Gasteiger partial charge on any atom is 0.292 e. The molecule has 0 spiro atoms. The number of nitro benzene ring substituents is 1. The third kappa shape index (κ3) is 6.53. The summed E-state index contributed by atoms with van der Waals surface area (Å²) in [7, 11) is -3.15. The fourth-order valence-electron chi connectivity index (χ4n) is 1.94. The highest BCUT2D eigenvalue weighted by Crippen LogP contribution is 2.22.